The fourth-order valence-electron chi connectivity index (χ4n) is 3.44. The Kier molecular flexibility index (Phi) is 3.88. The summed E-state index contributed by atoms with van der Waals surface area (Å²) in [5, 5.41) is 11.2. The molecule has 2 fully saturated rings. The first-order valence-electron chi connectivity index (χ1n) is 6.08. The Morgan fingerprint density at radius 3 is 2.55 bits per heavy atom. The maximum Gasteiger partial charge on any atom is 1.00 e. The Morgan fingerprint density at radius 2 is 2.05 bits per heavy atom. The number of piperidine rings is 1. The van der Waals surface area contributed by atoms with Crippen LogP contribution in [0.25, 0.3) is 0 Å². The topological polar surface area (TPSA) is 90.0 Å². The molecule has 0 aromatic carbocycles. The molecule has 0 radical (unpaired) electrons. The van der Waals surface area contributed by atoms with Crippen LogP contribution >= 0.6 is 0 Å². The number of carbonyl (C=O) groups is 3. The van der Waals surface area contributed by atoms with Crippen molar-refractivity contribution in [2.45, 2.75) is 25.4 Å². The molecule has 1 unspecified atom stereocenters. The van der Waals surface area contributed by atoms with Gasteiger partial charge < -0.3 is 19.5 Å². The van der Waals surface area contributed by atoms with Gasteiger partial charge in [-0.2, -0.15) is 0 Å². The quantitative estimate of drug-likeness (QED) is 0.375. The van der Waals surface area contributed by atoms with Gasteiger partial charge in [-0.1, -0.05) is 0 Å². The van der Waals surface area contributed by atoms with E-state index >= 15 is 0 Å². The van der Waals surface area contributed by atoms with Crippen molar-refractivity contribution < 1.29 is 53.8 Å². The molecule has 2 amide bonds. The first-order valence-corrected chi connectivity index (χ1v) is 6.08. The second-order valence-electron chi connectivity index (χ2n) is 4.96. The Balaban J connectivity index is 0.00000147. The number of hydrogen-bond donors (Lipinski definition) is 0. The van der Waals surface area contributed by atoms with Crippen LogP contribution in [0.5, 0.6) is 0 Å². The van der Waals surface area contributed by atoms with Crippen LogP contribution in [-0.2, 0) is 19.1 Å². The van der Waals surface area contributed by atoms with Gasteiger partial charge in [-0.05, 0) is 6.42 Å². The number of carboxylic acid groups (broad SMARTS) is 1. The molecule has 0 N–H and O–H groups in total. The molecule has 20 heavy (non-hydrogen) atoms. The number of methoxy groups -OCH3 is 1. The number of likely N-dealkylation sites (tertiary alicyclic amines) is 1. The molecule has 3 aliphatic heterocycles. The second kappa shape index (κ2) is 5.05. The van der Waals surface area contributed by atoms with E-state index in [1.165, 1.54) is 23.8 Å². The number of β-lactam (4-membered cyclic amide) rings is 1. The Bertz CT molecular complexity index is 532. The minimum atomic E-state index is -1.41. The third-order valence-electron chi connectivity index (χ3n) is 4.17. The number of amides is 2. The molecule has 3 rings (SSSR count). The number of aliphatic carboxylic acids is 1. The summed E-state index contributed by atoms with van der Waals surface area (Å²) in [6, 6.07) is -0.869. The third-order valence-corrected chi connectivity index (χ3v) is 4.17. The largest absolute Gasteiger partial charge is 1.00 e. The van der Waals surface area contributed by atoms with E-state index in [0.29, 0.717) is 18.7 Å². The molecular formula is C12H13N2NaO5. The number of hydrogen-bond acceptors (Lipinski definition) is 5. The molecule has 2 saturated heterocycles. The van der Waals surface area contributed by atoms with Gasteiger partial charge in [0.2, 0.25) is 5.91 Å². The SMILES string of the molecule is COC1=C(C(=O)[O-])N2C(=O)[C@@H]3[C@H]2C1CCN3C(C)=O.[Na+]. The summed E-state index contributed by atoms with van der Waals surface area (Å²) in [4.78, 5) is 37.5. The van der Waals surface area contributed by atoms with E-state index in [2.05, 4.69) is 0 Å². The zero-order valence-corrected chi connectivity index (χ0v) is 13.6. The maximum atomic E-state index is 12.1. The van der Waals surface area contributed by atoms with Crippen LogP contribution in [0.15, 0.2) is 11.5 Å². The standard InChI is InChI=1S/C12H14N2O5.Na/c1-5(15)13-4-3-6-7-8(13)11(16)14(7)9(12(17)18)10(6)19-2;/h6-8H,3-4H2,1-2H3,(H,17,18);/q;+1/p-1/t6?,7-,8+;/m1./s1. The molecule has 3 atom stereocenters. The van der Waals surface area contributed by atoms with Gasteiger partial charge in [-0.3, -0.25) is 14.5 Å². The molecule has 3 aliphatic rings. The smallest absolute Gasteiger partial charge is 0.543 e. The predicted octanol–water partition coefficient (Wildman–Crippen LogP) is -4.94. The summed E-state index contributed by atoms with van der Waals surface area (Å²) in [6.07, 6.45) is 0.588. The van der Waals surface area contributed by atoms with Crippen molar-refractivity contribution >= 4 is 17.8 Å². The van der Waals surface area contributed by atoms with Gasteiger partial charge >= 0.3 is 29.6 Å². The number of nitrogens with zero attached hydrogens (tertiary/aromatic N) is 2. The molecule has 0 aromatic heterocycles. The van der Waals surface area contributed by atoms with Crippen molar-refractivity contribution in [2.75, 3.05) is 13.7 Å². The van der Waals surface area contributed by atoms with E-state index in [1.807, 2.05) is 0 Å². The van der Waals surface area contributed by atoms with Gasteiger partial charge in [-0.25, -0.2) is 0 Å². The third kappa shape index (κ3) is 1.73. The van der Waals surface area contributed by atoms with E-state index in [1.54, 1.807) is 0 Å². The molecule has 8 heteroatoms. The fourth-order valence-corrected chi connectivity index (χ4v) is 3.44. The maximum absolute atomic E-state index is 12.1. The van der Waals surface area contributed by atoms with Crippen molar-refractivity contribution in [3.8, 4) is 0 Å². The normalized spacial score (nSPS) is 30.5. The minimum absolute atomic E-state index is 0. The average Bonchev–Trinajstić information content (AvgIpc) is 2.69. The van der Waals surface area contributed by atoms with Crippen molar-refractivity contribution in [2.24, 2.45) is 5.92 Å². The molecule has 0 aromatic rings. The first kappa shape index (κ1) is 15.3. The molecular weight excluding hydrogens is 275 g/mol. The molecule has 0 spiro atoms. The second-order valence-corrected chi connectivity index (χ2v) is 4.96. The summed E-state index contributed by atoms with van der Waals surface area (Å²) in [6.45, 7) is 1.85. The van der Waals surface area contributed by atoms with E-state index in [9.17, 15) is 19.5 Å². The van der Waals surface area contributed by atoms with Gasteiger partial charge in [0.05, 0.1) is 19.1 Å². The number of carboxylic acids is 1. The Labute approximate surface area is 137 Å². The average molecular weight is 288 g/mol. The van der Waals surface area contributed by atoms with Crippen LogP contribution in [0, 0.1) is 5.92 Å². The summed E-state index contributed by atoms with van der Waals surface area (Å²) < 4.78 is 5.16. The van der Waals surface area contributed by atoms with Gasteiger partial charge in [0.25, 0.3) is 5.91 Å². The predicted molar refractivity (Wildman–Crippen MR) is 59.0 cm³/mol. The van der Waals surface area contributed by atoms with Crippen molar-refractivity contribution in [1.82, 2.24) is 9.80 Å². The van der Waals surface area contributed by atoms with Gasteiger partial charge in [0.15, 0.2) is 0 Å². The van der Waals surface area contributed by atoms with Gasteiger partial charge in [0.1, 0.15) is 17.5 Å². The minimum Gasteiger partial charge on any atom is -0.543 e. The van der Waals surface area contributed by atoms with Crippen molar-refractivity contribution in [3.63, 3.8) is 0 Å². The number of ether oxygens (including phenoxy) is 1. The van der Waals surface area contributed by atoms with Crippen LogP contribution < -0.4 is 34.7 Å². The van der Waals surface area contributed by atoms with Crippen LogP contribution in [0.1, 0.15) is 13.3 Å². The molecule has 0 saturated carbocycles. The van der Waals surface area contributed by atoms with Crippen LogP contribution in [0.2, 0.25) is 0 Å². The molecule has 0 bridgehead atoms. The van der Waals surface area contributed by atoms with E-state index in [0.717, 1.165) is 0 Å². The summed E-state index contributed by atoms with van der Waals surface area (Å²) in [5.74, 6) is -1.80. The Hall–Kier alpha value is -1.05. The number of carbonyl (C=O) groups excluding carboxylic acids is 3. The van der Waals surface area contributed by atoms with Crippen molar-refractivity contribution in [1.29, 1.82) is 0 Å². The van der Waals surface area contributed by atoms with E-state index in [4.69, 9.17) is 4.74 Å². The van der Waals surface area contributed by atoms with Gasteiger partial charge in [0, 0.05) is 19.4 Å². The first-order chi connectivity index (χ1) is 8.99. The molecule has 3 heterocycles. The van der Waals surface area contributed by atoms with E-state index in [-0.39, 0.29) is 59.0 Å². The molecule has 102 valence electrons. The van der Waals surface area contributed by atoms with Crippen LogP contribution in [0.3, 0.4) is 0 Å². The van der Waals surface area contributed by atoms with Gasteiger partial charge in [-0.15, -0.1) is 0 Å². The summed E-state index contributed by atoms with van der Waals surface area (Å²) >= 11 is 0. The number of rotatable bonds is 2. The monoisotopic (exact) mass is 288 g/mol. The van der Waals surface area contributed by atoms with Crippen molar-refractivity contribution in [3.05, 3.63) is 11.5 Å². The molecule has 7 nitrogen and oxygen atoms in total. The zero-order chi connectivity index (χ0) is 13.9. The van der Waals surface area contributed by atoms with Crippen LogP contribution in [-0.4, -0.2) is 53.3 Å². The molecule has 0 aliphatic carbocycles. The van der Waals surface area contributed by atoms with E-state index < -0.39 is 12.0 Å². The summed E-state index contributed by atoms with van der Waals surface area (Å²) in [7, 11) is 1.39. The fraction of sp³-hybridized carbons (Fsp3) is 0.583. The van der Waals surface area contributed by atoms with Crippen LogP contribution in [0.4, 0.5) is 0 Å². The zero-order valence-electron chi connectivity index (χ0n) is 11.6. The Morgan fingerprint density at radius 1 is 1.40 bits per heavy atom. The summed E-state index contributed by atoms with van der Waals surface area (Å²) in [5.41, 5.74) is -0.177.